The molecule has 0 spiro atoms. The van der Waals surface area contributed by atoms with Gasteiger partial charge in [-0.1, -0.05) is 0 Å². The molecule has 5 nitrogen and oxygen atoms in total. The molecule has 0 aromatic heterocycles. The zero-order valence-corrected chi connectivity index (χ0v) is 8.86. The van der Waals surface area contributed by atoms with E-state index in [0.29, 0.717) is 12.5 Å². The maximum Gasteiger partial charge on any atom is 0.396 e. The minimum atomic E-state index is -0.945. The van der Waals surface area contributed by atoms with Gasteiger partial charge in [-0.2, -0.15) is 0 Å². The second-order valence-corrected chi connectivity index (χ2v) is 4.23. The fourth-order valence-electron chi connectivity index (χ4n) is 2.17. The van der Waals surface area contributed by atoms with Crippen LogP contribution in [0.1, 0.15) is 6.42 Å². The third-order valence-electron chi connectivity index (χ3n) is 3.00. The molecule has 2 fully saturated rings. The van der Waals surface area contributed by atoms with E-state index in [0.717, 1.165) is 13.5 Å². The fourth-order valence-corrected chi connectivity index (χ4v) is 2.45. The van der Waals surface area contributed by atoms with Gasteiger partial charge in [-0.3, -0.25) is 9.59 Å². The maximum absolute atomic E-state index is 11.5. The SMILES string of the molecule is COC(=O)C(=O)N1C[C@@H]2C[C@@H]2[C@@H]1C(=O)Cl. The Labute approximate surface area is 91.3 Å². The average Bonchev–Trinajstić information content (AvgIpc) is 2.86. The van der Waals surface area contributed by atoms with Gasteiger partial charge in [0.1, 0.15) is 6.04 Å². The Morgan fingerprint density at radius 3 is 2.60 bits per heavy atom. The number of hydrogen-bond acceptors (Lipinski definition) is 4. The first-order valence-electron chi connectivity index (χ1n) is 4.64. The van der Waals surface area contributed by atoms with Gasteiger partial charge in [0.25, 0.3) is 0 Å². The molecule has 0 N–H and O–H groups in total. The minimum absolute atomic E-state index is 0.142. The summed E-state index contributed by atoms with van der Waals surface area (Å²) in [6, 6.07) is -0.636. The van der Waals surface area contributed by atoms with E-state index in [-0.39, 0.29) is 5.92 Å². The smallest absolute Gasteiger partial charge is 0.396 e. The van der Waals surface area contributed by atoms with E-state index < -0.39 is 23.2 Å². The van der Waals surface area contributed by atoms with Gasteiger partial charge >= 0.3 is 11.9 Å². The summed E-state index contributed by atoms with van der Waals surface area (Å²) in [4.78, 5) is 34.9. The molecule has 0 aromatic rings. The van der Waals surface area contributed by atoms with Crippen LogP contribution in [0.15, 0.2) is 0 Å². The van der Waals surface area contributed by atoms with Crippen LogP contribution in [0.2, 0.25) is 0 Å². The summed E-state index contributed by atoms with van der Waals surface area (Å²) in [5.41, 5.74) is 0. The predicted molar refractivity (Wildman–Crippen MR) is 50.0 cm³/mol. The number of carbonyl (C=O) groups excluding carboxylic acids is 3. The van der Waals surface area contributed by atoms with Crippen LogP contribution in [0, 0.1) is 11.8 Å². The highest BCUT2D eigenvalue weighted by Gasteiger charge is 2.57. The van der Waals surface area contributed by atoms with Crippen molar-refractivity contribution in [1.82, 2.24) is 4.90 Å². The molecule has 0 bridgehead atoms. The molecule has 1 aliphatic carbocycles. The highest BCUT2D eigenvalue weighted by Crippen LogP contribution is 2.50. The number of rotatable bonds is 1. The predicted octanol–water partition coefficient (Wildman–Crippen LogP) is -0.228. The van der Waals surface area contributed by atoms with Crippen LogP contribution >= 0.6 is 11.6 Å². The fraction of sp³-hybridized carbons (Fsp3) is 0.667. The second-order valence-electron chi connectivity index (χ2n) is 3.86. The van der Waals surface area contributed by atoms with Crippen LogP contribution in [-0.2, 0) is 19.1 Å². The first kappa shape index (κ1) is 10.4. The van der Waals surface area contributed by atoms with E-state index in [2.05, 4.69) is 4.74 Å². The summed E-state index contributed by atoms with van der Waals surface area (Å²) in [5, 5.41) is -0.572. The molecule has 1 amide bonds. The first-order chi connectivity index (χ1) is 7.06. The lowest BCUT2D eigenvalue weighted by Crippen LogP contribution is -2.45. The number of fused-ring (bicyclic) bond motifs is 1. The summed E-state index contributed by atoms with van der Waals surface area (Å²) in [6.45, 7) is 0.432. The molecule has 1 aliphatic heterocycles. The number of amides is 1. The van der Waals surface area contributed by atoms with E-state index in [9.17, 15) is 14.4 Å². The van der Waals surface area contributed by atoms with Gasteiger partial charge in [0.15, 0.2) is 0 Å². The molecule has 15 heavy (non-hydrogen) atoms. The second kappa shape index (κ2) is 3.48. The van der Waals surface area contributed by atoms with E-state index in [1.54, 1.807) is 0 Å². The Morgan fingerprint density at radius 1 is 1.40 bits per heavy atom. The van der Waals surface area contributed by atoms with Crippen molar-refractivity contribution in [3.8, 4) is 0 Å². The lowest BCUT2D eigenvalue weighted by Gasteiger charge is -2.22. The summed E-state index contributed by atoms with van der Waals surface area (Å²) >= 11 is 5.41. The van der Waals surface area contributed by atoms with Crippen LogP contribution in [0.25, 0.3) is 0 Å². The number of ether oxygens (including phenoxy) is 1. The van der Waals surface area contributed by atoms with E-state index >= 15 is 0 Å². The van der Waals surface area contributed by atoms with Gasteiger partial charge in [-0.05, 0) is 29.9 Å². The Balaban J connectivity index is 2.12. The summed E-state index contributed by atoms with van der Waals surface area (Å²) in [7, 11) is 1.13. The molecule has 82 valence electrons. The lowest BCUT2D eigenvalue weighted by molar-refractivity contribution is -0.159. The van der Waals surface area contributed by atoms with Crippen molar-refractivity contribution in [2.45, 2.75) is 12.5 Å². The van der Waals surface area contributed by atoms with Gasteiger partial charge < -0.3 is 9.64 Å². The number of halogens is 1. The minimum Gasteiger partial charge on any atom is -0.462 e. The lowest BCUT2D eigenvalue weighted by atomic mass is 10.2. The standard InChI is InChI=1S/C9H10ClNO4/c1-15-9(14)8(13)11-3-4-2-5(4)6(11)7(10)12/h4-6H,2-3H2,1H3/t4-,5-,6+/m0/s1. The van der Waals surface area contributed by atoms with Crippen LogP contribution < -0.4 is 0 Å². The number of nitrogens with zero attached hydrogens (tertiary/aromatic N) is 1. The van der Waals surface area contributed by atoms with Crippen molar-refractivity contribution in [2.75, 3.05) is 13.7 Å². The van der Waals surface area contributed by atoms with Crippen molar-refractivity contribution in [2.24, 2.45) is 11.8 Å². The van der Waals surface area contributed by atoms with Crippen molar-refractivity contribution in [3.05, 3.63) is 0 Å². The largest absolute Gasteiger partial charge is 0.462 e. The molecule has 3 atom stereocenters. The Morgan fingerprint density at radius 2 is 2.07 bits per heavy atom. The Hall–Kier alpha value is -1.10. The van der Waals surface area contributed by atoms with Gasteiger partial charge in [0.2, 0.25) is 5.24 Å². The molecule has 1 saturated carbocycles. The van der Waals surface area contributed by atoms with Gasteiger partial charge in [-0.25, -0.2) is 4.79 Å². The number of esters is 1. The monoisotopic (exact) mass is 231 g/mol. The topological polar surface area (TPSA) is 63.7 Å². The third kappa shape index (κ3) is 1.61. The highest BCUT2D eigenvalue weighted by atomic mass is 35.5. The molecule has 1 saturated heterocycles. The van der Waals surface area contributed by atoms with Crippen LogP contribution in [0.4, 0.5) is 0 Å². The molecule has 1 heterocycles. The van der Waals surface area contributed by atoms with Crippen molar-refractivity contribution in [3.63, 3.8) is 0 Å². The van der Waals surface area contributed by atoms with Gasteiger partial charge in [-0.15, -0.1) is 0 Å². The van der Waals surface area contributed by atoms with Gasteiger partial charge in [0.05, 0.1) is 7.11 Å². The molecule has 0 aromatic carbocycles. The number of likely N-dealkylation sites (tertiary alicyclic amines) is 1. The number of piperidine rings is 1. The van der Waals surface area contributed by atoms with Crippen LogP contribution in [-0.4, -0.2) is 41.7 Å². The molecular formula is C9H10ClNO4. The van der Waals surface area contributed by atoms with Crippen LogP contribution in [0.3, 0.4) is 0 Å². The maximum atomic E-state index is 11.5. The van der Waals surface area contributed by atoms with E-state index in [4.69, 9.17) is 11.6 Å². The molecule has 2 rings (SSSR count). The normalized spacial score (nSPS) is 32.1. The average molecular weight is 232 g/mol. The van der Waals surface area contributed by atoms with Crippen molar-refractivity contribution < 1.29 is 19.1 Å². The first-order valence-corrected chi connectivity index (χ1v) is 5.02. The summed E-state index contributed by atoms with van der Waals surface area (Å²) < 4.78 is 4.32. The number of methoxy groups -OCH3 is 1. The van der Waals surface area contributed by atoms with Crippen molar-refractivity contribution in [1.29, 1.82) is 0 Å². The molecule has 6 heteroatoms. The molecule has 0 unspecified atom stereocenters. The van der Waals surface area contributed by atoms with E-state index in [1.165, 1.54) is 4.90 Å². The Kier molecular flexibility index (Phi) is 2.42. The third-order valence-corrected chi connectivity index (χ3v) is 3.23. The summed E-state index contributed by atoms with van der Waals surface area (Å²) in [6.07, 6.45) is 0.911. The Bertz CT molecular complexity index is 343. The van der Waals surface area contributed by atoms with Gasteiger partial charge in [0, 0.05) is 6.54 Å². The van der Waals surface area contributed by atoms with E-state index in [1.807, 2.05) is 0 Å². The van der Waals surface area contributed by atoms with Crippen molar-refractivity contribution >= 4 is 28.7 Å². The molecular weight excluding hydrogens is 222 g/mol. The number of hydrogen-bond donors (Lipinski definition) is 0. The zero-order chi connectivity index (χ0) is 11.2. The highest BCUT2D eigenvalue weighted by molar-refractivity contribution is 6.65. The molecule has 2 aliphatic rings. The summed E-state index contributed by atoms with van der Waals surface area (Å²) in [5.74, 6) is -1.25. The quantitative estimate of drug-likeness (QED) is 0.355. The molecule has 0 radical (unpaired) electrons. The zero-order valence-electron chi connectivity index (χ0n) is 8.10. The number of carbonyl (C=O) groups is 3. The van der Waals surface area contributed by atoms with Crippen LogP contribution in [0.5, 0.6) is 0 Å².